The predicted molar refractivity (Wildman–Crippen MR) is 78.1 cm³/mol. The van der Waals surface area contributed by atoms with Gasteiger partial charge in [-0.05, 0) is 14.1 Å². The number of aromatic nitrogens is 2. The third-order valence-electron chi connectivity index (χ3n) is 3.21. The van der Waals surface area contributed by atoms with Gasteiger partial charge < -0.3 is 14.7 Å². The second kappa shape index (κ2) is 6.82. The second-order valence-corrected chi connectivity index (χ2v) is 5.52. The number of carbonyl (C=O) groups is 2. The van der Waals surface area contributed by atoms with E-state index in [1.54, 1.807) is 9.80 Å². The first-order valence-electron chi connectivity index (χ1n) is 6.66. The Kier molecular flexibility index (Phi) is 5.08. The Labute approximate surface area is 128 Å². The molecule has 1 fully saturated rings. The molecule has 0 unspecified atom stereocenters. The van der Waals surface area contributed by atoms with E-state index in [0.717, 1.165) is 0 Å². The Balaban J connectivity index is 1.90. The van der Waals surface area contributed by atoms with Crippen molar-refractivity contribution in [1.29, 1.82) is 0 Å². The van der Waals surface area contributed by atoms with E-state index in [2.05, 4.69) is 9.97 Å². The predicted octanol–water partition coefficient (Wildman–Crippen LogP) is -0.0240. The summed E-state index contributed by atoms with van der Waals surface area (Å²) in [4.78, 5) is 37.3. The van der Waals surface area contributed by atoms with Crippen LogP contribution in [0.15, 0.2) is 12.4 Å². The SMILES string of the molecule is CN(C)CC(=O)N1CCN(C(=O)c2cnc(Cl)cn2)CC1. The highest BCUT2D eigenvalue weighted by atomic mass is 35.5. The van der Waals surface area contributed by atoms with E-state index in [0.29, 0.717) is 32.7 Å². The highest BCUT2D eigenvalue weighted by Crippen LogP contribution is 2.08. The minimum atomic E-state index is -0.182. The number of rotatable bonds is 3. The number of hydrogen-bond donors (Lipinski definition) is 0. The van der Waals surface area contributed by atoms with E-state index in [4.69, 9.17) is 11.6 Å². The van der Waals surface area contributed by atoms with E-state index in [1.165, 1.54) is 12.4 Å². The first-order valence-corrected chi connectivity index (χ1v) is 7.04. The number of piperazine rings is 1. The summed E-state index contributed by atoms with van der Waals surface area (Å²) in [6, 6.07) is 0. The summed E-state index contributed by atoms with van der Waals surface area (Å²) in [6.45, 7) is 2.47. The molecule has 1 saturated heterocycles. The van der Waals surface area contributed by atoms with Crippen LogP contribution in [0.2, 0.25) is 5.15 Å². The second-order valence-electron chi connectivity index (χ2n) is 5.14. The molecule has 2 heterocycles. The number of likely N-dealkylation sites (N-methyl/N-ethyl adjacent to an activating group) is 1. The molecular weight excluding hydrogens is 294 g/mol. The summed E-state index contributed by atoms with van der Waals surface area (Å²) in [5.74, 6) is -0.0998. The van der Waals surface area contributed by atoms with Gasteiger partial charge in [0.15, 0.2) is 0 Å². The Morgan fingerprint density at radius 3 is 2.29 bits per heavy atom. The van der Waals surface area contributed by atoms with Crippen LogP contribution in [0.4, 0.5) is 0 Å². The Bertz CT molecular complexity index is 512. The molecule has 0 saturated carbocycles. The van der Waals surface area contributed by atoms with Gasteiger partial charge >= 0.3 is 0 Å². The molecule has 114 valence electrons. The lowest BCUT2D eigenvalue weighted by atomic mass is 10.2. The average Bonchev–Trinajstić information content (AvgIpc) is 2.47. The van der Waals surface area contributed by atoms with Crippen LogP contribution in [-0.4, -0.2) is 83.3 Å². The van der Waals surface area contributed by atoms with Gasteiger partial charge in [0.05, 0.1) is 18.9 Å². The molecule has 2 rings (SSSR count). The minimum absolute atomic E-state index is 0.0818. The van der Waals surface area contributed by atoms with Gasteiger partial charge in [-0.15, -0.1) is 0 Å². The van der Waals surface area contributed by atoms with E-state index >= 15 is 0 Å². The first kappa shape index (κ1) is 15.7. The molecule has 0 radical (unpaired) electrons. The Morgan fingerprint density at radius 2 is 1.76 bits per heavy atom. The summed E-state index contributed by atoms with van der Waals surface area (Å²) >= 11 is 5.65. The summed E-state index contributed by atoms with van der Waals surface area (Å²) in [5.41, 5.74) is 0.271. The lowest BCUT2D eigenvalue weighted by molar-refractivity contribution is -0.133. The van der Waals surface area contributed by atoms with Crippen LogP contribution in [0, 0.1) is 0 Å². The fourth-order valence-corrected chi connectivity index (χ4v) is 2.21. The number of halogens is 1. The summed E-state index contributed by atoms with van der Waals surface area (Å²) in [5, 5.41) is 0.255. The first-order chi connectivity index (χ1) is 9.97. The van der Waals surface area contributed by atoms with Crippen LogP contribution in [0.5, 0.6) is 0 Å². The number of hydrogen-bond acceptors (Lipinski definition) is 5. The van der Waals surface area contributed by atoms with Gasteiger partial charge in [-0.2, -0.15) is 0 Å². The third-order valence-corrected chi connectivity index (χ3v) is 3.41. The molecule has 0 atom stereocenters. The van der Waals surface area contributed by atoms with Crippen LogP contribution in [0.25, 0.3) is 0 Å². The van der Waals surface area contributed by atoms with Gasteiger partial charge in [-0.25, -0.2) is 9.97 Å². The molecule has 7 nitrogen and oxygen atoms in total. The molecule has 0 N–H and O–H groups in total. The largest absolute Gasteiger partial charge is 0.338 e. The molecule has 8 heteroatoms. The summed E-state index contributed by atoms with van der Waals surface area (Å²) in [6.07, 6.45) is 2.72. The molecule has 1 aromatic heterocycles. The fourth-order valence-electron chi connectivity index (χ4n) is 2.11. The third kappa shape index (κ3) is 4.12. The zero-order valence-electron chi connectivity index (χ0n) is 12.1. The molecule has 0 aliphatic carbocycles. The van der Waals surface area contributed by atoms with Crippen molar-refractivity contribution in [1.82, 2.24) is 24.7 Å². The maximum absolute atomic E-state index is 12.2. The zero-order valence-corrected chi connectivity index (χ0v) is 12.9. The van der Waals surface area contributed by atoms with E-state index in [9.17, 15) is 9.59 Å². The summed E-state index contributed by atoms with van der Waals surface area (Å²) < 4.78 is 0. The maximum Gasteiger partial charge on any atom is 0.274 e. The van der Waals surface area contributed by atoms with Crippen molar-refractivity contribution in [3.05, 3.63) is 23.2 Å². The quantitative estimate of drug-likeness (QED) is 0.784. The van der Waals surface area contributed by atoms with Gasteiger partial charge in [0.2, 0.25) is 5.91 Å². The highest BCUT2D eigenvalue weighted by Gasteiger charge is 2.25. The molecule has 0 spiro atoms. The molecule has 21 heavy (non-hydrogen) atoms. The van der Waals surface area contributed by atoms with E-state index < -0.39 is 0 Å². The normalized spacial score (nSPS) is 15.4. The molecule has 1 aliphatic rings. The van der Waals surface area contributed by atoms with E-state index in [-0.39, 0.29) is 22.7 Å². The molecule has 0 aromatic carbocycles. The van der Waals surface area contributed by atoms with Crippen LogP contribution < -0.4 is 0 Å². The number of nitrogens with zero attached hydrogens (tertiary/aromatic N) is 5. The van der Waals surface area contributed by atoms with Gasteiger partial charge in [-0.1, -0.05) is 11.6 Å². The van der Waals surface area contributed by atoms with Crippen LogP contribution in [0.3, 0.4) is 0 Å². The van der Waals surface area contributed by atoms with Gasteiger partial charge in [-0.3, -0.25) is 9.59 Å². The van der Waals surface area contributed by atoms with Gasteiger partial charge in [0.1, 0.15) is 10.8 Å². The molecule has 1 aromatic rings. The highest BCUT2D eigenvalue weighted by molar-refractivity contribution is 6.29. The molecule has 2 amide bonds. The van der Waals surface area contributed by atoms with Crippen molar-refractivity contribution in [3.8, 4) is 0 Å². The lowest BCUT2D eigenvalue weighted by Gasteiger charge is -2.35. The molecular formula is C13H18ClN5O2. The van der Waals surface area contributed by atoms with Crippen molar-refractivity contribution in [2.75, 3.05) is 46.8 Å². The van der Waals surface area contributed by atoms with Crippen LogP contribution in [0.1, 0.15) is 10.5 Å². The fraction of sp³-hybridized carbons (Fsp3) is 0.538. The van der Waals surface area contributed by atoms with Crippen molar-refractivity contribution in [2.24, 2.45) is 0 Å². The molecule has 1 aliphatic heterocycles. The number of carbonyl (C=O) groups excluding carboxylic acids is 2. The lowest BCUT2D eigenvalue weighted by Crippen LogP contribution is -2.52. The van der Waals surface area contributed by atoms with Gasteiger partial charge in [0, 0.05) is 26.2 Å². The maximum atomic E-state index is 12.2. The number of amides is 2. The van der Waals surface area contributed by atoms with Crippen LogP contribution in [-0.2, 0) is 4.79 Å². The Hall–Kier alpha value is -1.73. The van der Waals surface area contributed by atoms with Gasteiger partial charge in [0.25, 0.3) is 5.91 Å². The average molecular weight is 312 g/mol. The smallest absolute Gasteiger partial charge is 0.274 e. The van der Waals surface area contributed by atoms with E-state index in [1.807, 2.05) is 19.0 Å². The van der Waals surface area contributed by atoms with Crippen LogP contribution >= 0.6 is 11.6 Å². The van der Waals surface area contributed by atoms with Crippen molar-refractivity contribution >= 4 is 23.4 Å². The topological polar surface area (TPSA) is 69.6 Å². The standard InChI is InChI=1S/C13H18ClN5O2/c1-17(2)9-12(20)18-3-5-19(6-4-18)13(21)10-7-16-11(14)8-15-10/h7-8H,3-6,9H2,1-2H3. The van der Waals surface area contributed by atoms with Crippen molar-refractivity contribution < 1.29 is 9.59 Å². The van der Waals surface area contributed by atoms with Crippen molar-refractivity contribution in [3.63, 3.8) is 0 Å². The Morgan fingerprint density at radius 1 is 1.14 bits per heavy atom. The monoisotopic (exact) mass is 311 g/mol. The minimum Gasteiger partial charge on any atom is -0.338 e. The van der Waals surface area contributed by atoms with Crippen molar-refractivity contribution in [2.45, 2.75) is 0 Å². The summed E-state index contributed by atoms with van der Waals surface area (Å²) in [7, 11) is 3.72. The zero-order chi connectivity index (χ0) is 15.4. The molecule has 0 bridgehead atoms.